The Morgan fingerprint density at radius 2 is 2.06 bits per heavy atom. The molecule has 96 valence electrons. The standard InChI is InChI=1S/C15H17ClO2/c1-10(2)8-11-4-3-5-12(9-11)14(17)13-6-7-18-15(13)16/h3-7,9-10,14,17H,8H2,1-2H3. The van der Waals surface area contributed by atoms with E-state index in [0.717, 1.165) is 12.0 Å². The van der Waals surface area contributed by atoms with Crippen molar-refractivity contribution in [1.29, 1.82) is 0 Å². The molecule has 1 aromatic heterocycles. The van der Waals surface area contributed by atoms with Crippen molar-refractivity contribution in [3.63, 3.8) is 0 Å². The van der Waals surface area contributed by atoms with E-state index in [2.05, 4.69) is 19.9 Å². The quantitative estimate of drug-likeness (QED) is 0.897. The van der Waals surface area contributed by atoms with Gasteiger partial charge in [-0.15, -0.1) is 0 Å². The molecule has 1 heterocycles. The van der Waals surface area contributed by atoms with Crippen LogP contribution < -0.4 is 0 Å². The molecule has 0 radical (unpaired) electrons. The summed E-state index contributed by atoms with van der Waals surface area (Å²) in [5, 5.41) is 10.5. The maximum atomic E-state index is 10.3. The minimum Gasteiger partial charge on any atom is -0.453 e. The van der Waals surface area contributed by atoms with Crippen molar-refractivity contribution in [3.05, 3.63) is 58.5 Å². The minimum absolute atomic E-state index is 0.247. The lowest BCUT2D eigenvalue weighted by Crippen LogP contribution is -2.01. The van der Waals surface area contributed by atoms with Gasteiger partial charge in [-0.1, -0.05) is 38.1 Å². The summed E-state index contributed by atoms with van der Waals surface area (Å²) in [5.74, 6) is 0.593. The topological polar surface area (TPSA) is 33.4 Å². The highest BCUT2D eigenvalue weighted by atomic mass is 35.5. The number of aliphatic hydroxyl groups excluding tert-OH is 1. The summed E-state index contributed by atoms with van der Waals surface area (Å²) in [6.07, 6.45) is 1.75. The molecule has 1 aromatic carbocycles. The number of benzene rings is 1. The van der Waals surface area contributed by atoms with E-state index in [4.69, 9.17) is 16.0 Å². The van der Waals surface area contributed by atoms with Crippen LogP contribution in [0, 0.1) is 5.92 Å². The van der Waals surface area contributed by atoms with Crippen LogP contribution in [0.25, 0.3) is 0 Å². The molecule has 1 atom stereocenters. The Hall–Kier alpha value is -1.25. The predicted octanol–water partition coefficient (Wildman–Crippen LogP) is 4.21. The lowest BCUT2D eigenvalue weighted by Gasteiger charge is -2.12. The van der Waals surface area contributed by atoms with Crippen LogP contribution in [0.3, 0.4) is 0 Å². The molecule has 0 saturated carbocycles. The molecule has 2 rings (SSSR count). The summed E-state index contributed by atoms with van der Waals surface area (Å²) in [6.45, 7) is 4.35. The van der Waals surface area contributed by atoms with Crippen LogP contribution in [0.1, 0.15) is 36.6 Å². The molecule has 0 amide bonds. The van der Waals surface area contributed by atoms with E-state index in [1.807, 2.05) is 18.2 Å². The first-order chi connectivity index (χ1) is 8.58. The van der Waals surface area contributed by atoms with Gasteiger partial charge >= 0.3 is 0 Å². The van der Waals surface area contributed by atoms with E-state index in [-0.39, 0.29) is 5.22 Å². The minimum atomic E-state index is -0.733. The van der Waals surface area contributed by atoms with E-state index >= 15 is 0 Å². The molecule has 0 bridgehead atoms. The summed E-state index contributed by atoms with van der Waals surface area (Å²) < 4.78 is 5.01. The molecule has 1 N–H and O–H groups in total. The van der Waals surface area contributed by atoms with Gasteiger partial charge < -0.3 is 9.52 Å². The largest absolute Gasteiger partial charge is 0.453 e. The Morgan fingerprint density at radius 1 is 1.28 bits per heavy atom. The summed E-state index contributed by atoms with van der Waals surface area (Å²) in [6, 6.07) is 9.66. The Kier molecular flexibility index (Phi) is 4.10. The van der Waals surface area contributed by atoms with Crippen molar-refractivity contribution in [2.24, 2.45) is 5.92 Å². The van der Waals surface area contributed by atoms with Crippen molar-refractivity contribution in [1.82, 2.24) is 0 Å². The van der Waals surface area contributed by atoms with Gasteiger partial charge in [-0.05, 0) is 41.1 Å². The van der Waals surface area contributed by atoms with Gasteiger partial charge in [0, 0.05) is 5.56 Å². The fourth-order valence-electron chi connectivity index (χ4n) is 2.04. The highest BCUT2D eigenvalue weighted by molar-refractivity contribution is 6.29. The number of aliphatic hydroxyl groups is 1. The summed E-state index contributed by atoms with van der Waals surface area (Å²) in [4.78, 5) is 0. The zero-order valence-corrected chi connectivity index (χ0v) is 11.3. The summed E-state index contributed by atoms with van der Waals surface area (Å²) in [7, 11) is 0. The third-order valence-corrected chi connectivity index (χ3v) is 3.16. The Morgan fingerprint density at radius 3 is 2.67 bits per heavy atom. The van der Waals surface area contributed by atoms with Gasteiger partial charge in [0.25, 0.3) is 0 Å². The average molecular weight is 265 g/mol. The molecule has 0 spiro atoms. The van der Waals surface area contributed by atoms with Gasteiger partial charge in [-0.25, -0.2) is 0 Å². The Bertz CT molecular complexity index is 517. The lowest BCUT2D eigenvalue weighted by molar-refractivity contribution is 0.219. The monoisotopic (exact) mass is 264 g/mol. The Labute approximate surface area is 112 Å². The predicted molar refractivity (Wildman–Crippen MR) is 72.8 cm³/mol. The normalized spacial score (nSPS) is 12.9. The van der Waals surface area contributed by atoms with E-state index in [9.17, 15) is 5.11 Å². The fourth-order valence-corrected chi connectivity index (χ4v) is 2.26. The second-order valence-electron chi connectivity index (χ2n) is 4.90. The second kappa shape index (κ2) is 5.59. The third-order valence-electron chi connectivity index (χ3n) is 2.85. The van der Waals surface area contributed by atoms with Gasteiger partial charge in [0.05, 0.1) is 6.26 Å². The van der Waals surface area contributed by atoms with Crippen LogP contribution in [0.4, 0.5) is 0 Å². The van der Waals surface area contributed by atoms with Crippen molar-refractivity contribution in [2.45, 2.75) is 26.4 Å². The lowest BCUT2D eigenvalue weighted by atomic mass is 9.97. The van der Waals surface area contributed by atoms with Crippen LogP contribution in [0.2, 0.25) is 5.22 Å². The molecule has 1 unspecified atom stereocenters. The smallest absolute Gasteiger partial charge is 0.199 e. The molecule has 18 heavy (non-hydrogen) atoms. The van der Waals surface area contributed by atoms with Crippen LogP contribution >= 0.6 is 11.6 Å². The van der Waals surface area contributed by atoms with Gasteiger partial charge in [-0.2, -0.15) is 0 Å². The van der Waals surface area contributed by atoms with Gasteiger partial charge in [-0.3, -0.25) is 0 Å². The number of hydrogen-bond donors (Lipinski definition) is 1. The van der Waals surface area contributed by atoms with E-state index in [1.165, 1.54) is 11.8 Å². The molecule has 2 nitrogen and oxygen atoms in total. The molecular weight excluding hydrogens is 248 g/mol. The second-order valence-corrected chi connectivity index (χ2v) is 5.24. The Balaban J connectivity index is 2.25. The van der Waals surface area contributed by atoms with Crippen LogP contribution in [-0.4, -0.2) is 5.11 Å². The maximum absolute atomic E-state index is 10.3. The first-order valence-corrected chi connectivity index (χ1v) is 6.45. The van der Waals surface area contributed by atoms with Crippen molar-refractivity contribution in [3.8, 4) is 0 Å². The van der Waals surface area contributed by atoms with Crippen molar-refractivity contribution in [2.75, 3.05) is 0 Å². The molecule has 0 aliphatic heterocycles. The van der Waals surface area contributed by atoms with Crippen molar-refractivity contribution >= 4 is 11.6 Å². The third kappa shape index (κ3) is 2.95. The van der Waals surface area contributed by atoms with Crippen LogP contribution in [-0.2, 0) is 6.42 Å². The number of halogens is 1. The zero-order chi connectivity index (χ0) is 13.1. The first-order valence-electron chi connectivity index (χ1n) is 6.07. The van der Waals surface area contributed by atoms with Gasteiger partial charge in [0.15, 0.2) is 5.22 Å². The molecule has 3 heteroatoms. The molecule has 0 saturated heterocycles. The number of furan rings is 1. The summed E-state index contributed by atoms with van der Waals surface area (Å²) >= 11 is 5.88. The SMILES string of the molecule is CC(C)Cc1cccc(C(O)c2ccoc2Cl)c1. The average Bonchev–Trinajstić information content (AvgIpc) is 2.74. The molecule has 0 aliphatic rings. The number of rotatable bonds is 4. The van der Waals surface area contributed by atoms with E-state index < -0.39 is 6.10 Å². The zero-order valence-electron chi connectivity index (χ0n) is 10.6. The summed E-state index contributed by atoms with van der Waals surface area (Å²) in [5.41, 5.74) is 2.68. The highest BCUT2D eigenvalue weighted by Gasteiger charge is 2.16. The van der Waals surface area contributed by atoms with Crippen molar-refractivity contribution < 1.29 is 9.52 Å². The van der Waals surface area contributed by atoms with Gasteiger partial charge in [0.2, 0.25) is 0 Å². The first kappa shape index (κ1) is 13.2. The van der Waals surface area contributed by atoms with E-state index in [0.29, 0.717) is 11.5 Å². The van der Waals surface area contributed by atoms with Gasteiger partial charge in [0.1, 0.15) is 6.10 Å². The number of hydrogen-bond acceptors (Lipinski definition) is 2. The van der Waals surface area contributed by atoms with E-state index in [1.54, 1.807) is 6.07 Å². The molecular formula is C15H17ClO2. The fraction of sp³-hybridized carbons (Fsp3) is 0.333. The highest BCUT2D eigenvalue weighted by Crippen LogP contribution is 2.29. The van der Waals surface area contributed by atoms with Crippen LogP contribution in [0.5, 0.6) is 0 Å². The molecule has 2 aromatic rings. The maximum Gasteiger partial charge on any atom is 0.199 e. The molecule has 0 fully saturated rings. The molecule has 0 aliphatic carbocycles. The van der Waals surface area contributed by atoms with Crippen LogP contribution in [0.15, 0.2) is 41.0 Å².